The summed E-state index contributed by atoms with van der Waals surface area (Å²) in [6.07, 6.45) is -1.15. The second kappa shape index (κ2) is 6.70. The highest BCUT2D eigenvalue weighted by Gasteiger charge is 2.31. The molecule has 4 rings (SSSR count). The Bertz CT molecular complexity index is 1080. The molecule has 0 bridgehead atoms. The summed E-state index contributed by atoms with van der Waals surface area (Å²) in [6.45, 7) is 0.474. The van der Waals surface area contributed by atoms with E-state index in [1.165, 1.54) is 12.4 Å². The van der Waals surface area contributed by atoms with Crippen molar-refractivity contribution >= 4 is 5.91 Å². The van der Waals surface area contributed by atoms with Crippen LogP contribution in [0.5, 0.6) is 0 Å². The van der Waals surface area contributed by atoms with Gasteiger partial charge in [0.05, 0.1) is 17.0 Å². The number of carbonyl (C=O) groups is 1. The summed E-state index contributed by atoms with van der Waals surface area (Å²) >= 11 is 0. The number of alkyl halides is 3. The molecule has 1 N–H and O–H groups in total. The second-order valence-corrected chi connectivity index (χ2v) is 6.35. The van der Waals surface area contributed by atoms with E-state index in [2.05, 4.69) is 15.3 Å². The molecule has 0 aliphatic carbocycles. The third-order valence-electron chi connectivity index (χ3n) is 4.52. The van der Waals surface area contributed by atoms with E-state index in [4.69, 9.17) is 0 Å². The zero-order valence-electron chi connectivity index (χ0n) is 14.3. The maximum Gasteiger partial charge on any atom is 0.416 e. The highest BCUT2D eigenvalue weighted by molar-refractivity contribution is 5.98. The quantitative estimate of drug-likeness (QED) is 0.669. The Morgan fingerprint density at radius 1 is 0.964 bits per heavy atom. The first kappa shape index (κ1) is 18.1. The van der Waals surface area contributed by atoms with Crippen LogP contribution in [-0.2, 0) is 12.6 Å². The molecule has 1 aliphatic rings. The number of nitrogens with zero attached hydrogens (tertiary/aromatic N) is 2. The number of aromatic nitrogens is 2. The average Bonchev–Trinajstić information content (AvgIpc) is 2.67. The lowest BCUT2D eigenvalue weighted by Crippen LogP contribution is -2.32. The summed E-state index contributed by atoms with van der Waals surface area (Å²) in [5.41, 5.74) is 1.54. The fourth-order valence-electron chi connectivity index (χ4n) is 3.24. The molecular weight excluding hydrogens is 374 g/mol. The van der Waals surface area contributed by atoms with Gasteiger partial charge in [0.15, 0.2) is 0 Å². The molecule has 1 aliphatic heterocycles. The number of hydrogen-bond donors (Lipinski definition) is 1. The van der Waals surface area contributed by atoms with Gasteiger partial charge in [0.1, 0.15) is 5.82 Å². The highest BCUT2D eigenvalue weighted by Crippen LogP contribution is 2.34. The van der Waals surface area contributed by atoms with Gasteiger partial charge in [-0.05, 0) is 48.4 Å². The second-order valence-electron chi connectivity index (χ2n) is 6.35. The zero-order valence-corrected chi connectivity index (χ0v) is 14.3. The molecule has 1 aromatic carbocycles. The molecule has 28 heavy (non-hydrogen) atoms. The lowest BCUT2D eigenvalue weighted by atomic mass is 9.95. The van der Waals surface area contributed by atoms with Crippen molar-refractivity contribution in [3.05, 3.63) is 71.3 Å². The fraction of sp³-hybridized carbons (Fsp3) is 0.150. The van der Waals surface area contributed by atoms with Gasteiger partial charge in [0.25, 0.3) is 5.91 Å². The molecule has 3 aromatic rings. The van der Waals surface area contributed by atoms with Gasteiger partial charge in [0, 0.05) is 35.6 Å². The molecule has 4 nitrogen and oxygen atoms in total. The summed E-state index contributed by atoms with van der Waals surface area (Å²) < 4.78 is 52.7. The molecular formula is C20H13F4N3O. The zero-order chi connectivity index (χ0) is 19.9. The molecule has 142 valence electrons. The van der Waals surface area contributed by atoms with Crippen LogP contribution in [0.2, 0.25) is 0 Å². The van der Waals surface area contributed by atoms with Crippen LogP contribution in [0, 0.1) is 5.82 Å². The molecule has 2 aromatic heterocycles. The first-order valence-electron chi connectivity index (χ1n) is 8.43. The van der Waals surface area contributed by atoms with Crippen molar-refractivity contribution < 1.29 is 22.4 Å². The average molecular weight is 387 g/mol. The Labute approximate surface area is 157 Å². The van der Waals surface area contributed by atoms with E-state index >= 15 is 0 Å². The Morgan fingerprint density at radius 2 is 1.75 bits per heavy atom. The number of amides is 1. The molecule has 0 fully saturated rings. The fourth-order valence-corrected chi connectivity index (χ4v) is 3.24. The van der Waals surface area contributed by atoms with Crippen molar-refractivity contribution in [2.24, 2.45) is 0 Å². The number of hydrogen-bond acceptors (Lipinski definition) is 3. The number of carbonyl (C=O) groups excluding carboxylic acids is 1. The van der Waals surface area contributed by atoms with Gasteiger partial charge in [0.2, 0.25) is 0 Å². The van der Waals surface area contributed by atoms with Crippen molar-refractivity contribution in [1.29, 1.82) is 0 Å². The van der Waals surface area contributed by atoms with E-state index in [9.17, 15) is 22.4 Å². The SMILES string of the molecule is O=C1NCCc2c1ccnc2-c1ccnc(-c2cc(F)cc(C(F)(F)F)c2)c1. The molecule has 1 amide bonds. The van der Waals surface area contributed by atoms with Crippen LogP contribution in [-0.4, -0.2) is 22.4 Å². The van der Waals surface area contributed by atoms with Gasteiger partial charge in [-0.3, -0.25) is 14.8 Å². The van der Waals surface area contributed by atoms with E-state index in [-0.39, 0.29) is 17.2 Å². The smallest absolute Gasteiger partial charge is 0.352 e. The minimum Gasteiger partial charge on any atom is -0.352 e. The summed E-state index contributed by atoms with van der Waals surface area (Å²) in [5, 5.41) is 2.75. The molecule has 3 heterocycles. The van der Waals surface area contributed by atoms with E-state index < -0.39 is 17.6 Å². The number of pyridine rings is 2. The third-order valence-corrected chi connectivity index (χ3v) is 4.52. The van der Waals surface area contributed by atoms with Crippen LogP contribution in [0.3, 0.4) is 0 Å². The van der Waals surface area contributed by atoms with Gasteiger partial charge < -0.3 is 5.32 Å². The maximum atomic E-state index is 13.8. The minimum absolute atomic E-state index is 0.0108. The molecule has 0 spiro atoms. The Morgan fingerprint density at radius 3 is 2.54 bits per heavy atom. The first-order valence-corrected chi connectivity index (χ1v) is 8.43. The Balaban J connectivity index is 1.82. The summed E-state index contributed by atoms with van der Waals surface area (Å²) in [5.74, 6) is -1.19. The summed E-state index contributed by atoms with van der Waals surface area (Å²) in [7, 11) is 0. The van der Waals surface area contributed by atoms with Gasteiger partial charge in [-0.15, -0.1) is 0 Å². The van der Waals surface area contributed by atoms with Crippen LogP contribution in [0.25, 0.3) is 22.5 Å². The molecule has 0 unspecified atom stereocenters. The van der Waals surface area contributed by atoms with Crippen molar-refractivity contribution in [2.45, 2.75) is 12.6 Å². The van der Waals surface area contributed by atoms with E-state index in [0.717, 1.165) is 17.7 Å². The molecule has 0 saturated carbocycles. The Kier molecular flexibility index (Phi) is 4.33. The van der Waals surface area contributed by atoms with Crippen LogP contribution in [0.15, 0.2) is 48.8 Å². The number of nitrogens with one attached hydrogen (secondary N) is 1. The largest absolute Gasteiger partial charge is 0.416 e. The maximum absolute atomic E-state index is 13.8. The standard InChI is InChI=1S/C20H13F4N3O/c21-14-8-12(7-13(10-14)20(22,23)24)17-9-11(1-4-25-17)18-15-2-6-27-19(28)16(15)3-5-26-18/h1,3-5,7-10H,2,6H2,(H,27,28). The minimum atomic E-state index is -4.66. The predicted molar refractivity (Wildman–Crippen MR) is 93.9 cm³/mol. The summed E-state index contributed by atoms with van der Waals surface area (Å²) in [6, 6.07) is 7.13. The van der Waals surface area contributed by atoms with Crippen LogP contribution in [0.1, 0.15) is 21.5 Å². The normalized spacial score (nSPS) is 13.8. The van der Waals surface area contributed by atoms with Crippen molar-refractivity contribution in [1.82, 2.24) is 15.3 Å². The van der Waals surface area contributed by atoms with Crippen LogP contribution in [0.4, 0.5) is 17.6 Å². The lowest BCUT2D eigenvalue weighted by Gasteiger charge is -2.19. The van der Waals surface area contributed by atoms with E-state index in [1.54, 1.807) is 18.2 Å². The van der Waals surface area contributed by atoms with Gasteiger partial charge in [-0.2, -0.15) is 13.2 Å². The van der Waals surface area contributed by atoms with Crippen LogP contribution < -0.4 is 5.32 Å². The highest BCUT2D eigenvalue weighted by atomic mass is 19.4. The van der Waals surface area contributed by atoms with Crippen molar-refractivity contribution in [3.63, 3.8) is 0 Å². The number of benzene rings is 1. The van der Waals surface area contributed by atoms with Gasteiger partial charge in [-0.25, -0.2) is 4.39 Å². The third kappa shape index (κ3) is 3.33. The van der Waals surface area contributed by atoms with Gasteiger partial charge >= 0.3 is 6.18 Å². The molecule has 0 atom stereocenters. The molecule has 8 heteroatoms. The van der Waals surface area contributed by atoms with E-state index in [1.807, 2.05) is 0 Å². The van der Waals surface area contributed by atoms with Gasteiger partial charge in [-0.1, -0.05) is 0 Å². The number of rotatable bonds is 2. The molecule has 0 saturated heterocycles. The number of halogens is 4. The van der Waals surface area contributed by atoms with Crippen molar-refractivity contribution in [2.75, 3.05) is 6.54 Å². The Hall–Kier alpha value is -3.29. The van der Waals surface area contributed by atoms with E-state index in [0.29, 0.717) is 35.9 Å². The topological polar surface area (TPSA) is 54.9 Å². The predicted octanol–water partition coefficient (Wildman–Crippen LogP) is 4.25. The first-order chi connectivity index (χ1) is 13.3. The summed E-state index contributed by atoms with van der Waals surface area (Å²) in [4.78, 5) is 20.5. The molecule has 0 radical (unpaired) electrons. The monoisotopic (exact) mass is 387 g/mol. The van der Waals surface area contributed by atoms with Crippen LogP contribution >= 0.6 is 0 Å². The lowest BCUT2D eigenvalue weighted by molar-refractivity contribution is -0.137. The van der Waals surface area contributed by atoms with Crippen molar-refractivity contribution in [3.8, 4) is 22.5 Å². The number of fused-ring (bicyclic) bond motifs is 1.